The van der Waals surface area contributed by atoms with Crippen molar-refractivity contribution in [3.05, 3.63) is 66.4 Å². The Hall–Kier alpha value is -2.19. The van der Waals surface area contributed by atoms with E-state index >= 15 is 0 Å². The Balaban J connectivity index is 2.35. The highest BCUT2D eigenvalue weighted by Gasteiger charge is 2.12. The van der Waals surface area contributed by atoms with E-state index in [2.05, 4.69) is 4.98 Å². The fraction of sp³-hybridized carbons (Fsp3) is 0. The lowest BCUT2D eigenvalue weighted by Gasteiger charge is -2.08. The number of hydrogen-bond acceptors (Lipinski definition) is 2. The molecule has 0 aliphatic carbocycles. The van der Waals surface area contributed by atoms with E-state index in [1.54, 1.807) is 6.20 Å². The van der Waals surface area contributed by atoms with E-state index in [-0.39, 0.29) is 0 Å². The van der Waals surface area contributed by atoms with Gasteiger partial charge in [-0.25, -0.2) is 0 Å². The largest absolute Gasteiger partial charge is 0.276 e. The van der Waals surface area contributed by atoms with Crippen molar-refractivity contribution >= 4 is 27.6 Å². The molecule has 0 N–H and O–H groups in total. The average Bonchev–Trinajstić information content (AvgIpc) is 2.47. The van der Waals surface area contributed by atoms with E-state index in [1.807, 2.05) is 54.6 Å². The molecule has 0 atom stereocenters. The van der Waals surface area contributed by atoms with Gasteiger partial charge in [-0.05, 0) is 17.0 Å². The molecule has 0 saturated heterocycles. The first-order valence-corrected chi connectivity index (χ1v) is 6.28. The van der Waals surface area contributed by atoms with Gasteiger partial charge in [0.1, 0.15) is 0 Å². The van der Waals surface area contributed by atoms with Crippen LogP contribution in [0.25, 0.3) is 22.0 Å². The third-order valence-electron chi connectivity index (χ3n) is 3.05. The second-order valence-electron chi connectivity index (χ2n) is 4.21. The molecule has 0 aliphatic heterocycles. The summed E-state index contributed by atoms with van der Waals surface area (Å²) in [5.74, 6) is 0. The van der Waals surface area contributed by atoms with Crippen LogP contribution in [-0.4, -0.2) is 10.2 Å². The quantitative estimate of drug-likeness (QED) is 0.649. The minimum absolute atomic E-state index is 0.442. The van der Waals surface area contributed by atoms with Crippen LogP contribution in [0.3, 0.4) is 0 Å². The number of fused-ring (bicyclic) bond motifs is 1. The van der Waals surface area contributed by atoms with Gasteiger partial charge in [0, 0.05) is 17.1 Å². The number of nitrogens with zero attached hydrogens (tertiary/aromatic N) is 1. The molecule has 2 aromatic carbocycles. The van der Waals surface area contributed by atoms with E-state index in [1.165, 1.54) is 0 Å². The molecule has 0 unspecified atom stereocenters. The zero-order chi connectivity index (χ0) is 13.2. The summed E-state index contributed by atoms with van der Waals surface area (Å²) in [4.78, 5) is 15.8. The fourth-order valence-electron chi connectivity index (χ4n) is 2.18. The second kappa shape index (κ2) is 4.82. The molecule has 92 valence electrons. The van der Waals surface area contributed by atoms with E-state index in [0.717, 1.165) is 22.0 Å². The van der Waals surface area contributed by atoms with Crippen LogP contribution in [0, 0.1) is 0 Å². The molecule has 3 heteroatoms. The number of pyridine rings is 1. The number of benzene rings is 2. The first-order valence-electron chi connectivity index (χ1n) is 5.90. The van der Waals surface area contributed by atoms with Gasteiger partial charge in [0.25, 0.3) is 5.24 Å². The molecule has 0 spiro atoms. The Morgan fingerprint density at radius 3 is 2.21 bits per heavy atom. The molecule has 3 rings (SSSR count). The van der Waals surface area contributed by atoms with E-state index in [9.17, 15) is 4.79 Å². The summed E-state index contributed by atoms with van der Waals surface area (Å²) in [5.41, 5.74) is 2.32. The average molecular weight is 268 g/mol. The van der Waals surface area contributed by atoms with Gasteiger partial charge in [0.05, 0.1) is 11.3 Å². The van der Waals surface area contributed by atoms with Crippen molar-refractivity contribution in [2.24, 2.45) is 0 Å². The molecular formula is C16H10ClNO. The van der Waals surface area contributed by atoms with E-state index < -0.39 is 5.24 Å². The van der Waals surface area contributed by atoms with E-state index in [4.69, 9.17) is 11.6 Å². The molecule has 0 radical (unpaired) electrons. The molecule has 1 aromatic heterocycles. The Morgan fingerprint density at radius 1 is 0.895 bits per heavy atom. The summed E-state index contributed by atoms with van der Waals surface area (Å²) < 4.78 is 0. The van der Waals surface area contributed by atoms with Gasteiger partial charge in [0.2, 0.25) is 0 Å². The van der Waals surface area contributed by atoms with Gasteiger partial charge >= 0.3 is 0 Å². The van der Waals surface area contributed by atoms with Crippen LogP contribution >= 0.6 is 11.6 Å². The number of carbonyl (C=O) groups excluding carboxylic acids is 1. The summed E-state index contributed by atoms with van der Waals surface area (Å²) in [6.07, 6.45) is 1.54. The maximum Gasteiger partial charge on any atom is 0.254 e. The SMILES string of the molecule is O=C(Cl)c1cnc(-c2ccccc2)c2ccccc12. The Bertz CT molecular complexity index is 753. The second-order valence-corrected chi connectivity index (χ2v) is 4.55. The lowest BCUT2D eigenvalue weighted by molar-refractivity contribution is 0.108. The van der Waals surface area contributed by atoms with Crippen molar-refractivity contribution in [3.63, 3.8) is 0 Å². The predicted molar refractivity (Wildman–Crippen MR) is 77.4 cm³/mol. The van der Waals surface area contributed by atoms with Crippen LogP contribution in [0.15, 0.2) is 60.8 Å². The smallest absolute Gasteiger partial charge is 0.254 e. The Morgan fingerprint density at radius 2 is 1.53 bits per heavy atom. The summed E-state index contributed by atoms with van der Waals surface area (Å²) >= 11 is 5.60. The maximum absolute atomic E-state index is 11.4. The highest BCUT2D eigenvalue weighted by Crippen LogP contribution is 2.29. The molecule has 0 aliphatic rings. The minimum Gasteiger partial charge on any atom is -0.276 e. The van der Waals surface area contributed by atoms with Crippen LogP contribution in [0.2, 0.25) is 0 Å². The zero-order valence-corrected chi connectivity index (χ0v) is 10.8. The van der Waals surface area contributed by atoms with Crippen molar-refractivity contribution in [1.29, 1.82) is 0 Å². The Kier molecular flexibility index (Phi) is 3.02. The molecule has 19 heavy (non-hydrogen) atoms. The topological polar surface area (TPSA) is 30.0 Å². The highest BCUT2D eigenvalue weighted by atomic mass is 35.5. The molecule has 0 bridgehead atoms. The first-order chi connectivity index (χ1) is 9.27. The lowest BCUT2D eigenvalue weighted by Crippen LogP contribution is -1.95. The molecule has 3 aromatic rings. The monoisotopic (exact) mass is 267 g/mol. The van der Waals surface area contributed by atoms with Crippen molar-refractivity contribution in [2.75, 3.05) is 0 Å². The summed E-state index contributed by atoms with van der Waals surface area (Å²) in [5, 5.41) is 1.28. The first kappa shape index (κ1) is 11.9. The third-order valence-corrected chi connectivity index (χ3v) is 3.26. The van der Waals surface area contributed by atoms with Crippen molar-refractivity contribution < 1.29 is 4.79 Å². The lowest BCUT2D eigenvalue weighted by atomic mass is 10.0. The third kappa shape index (κ3) is 2.11. The molecule has 0 amide bonds. The van der Waals surface area contributed by atoms with Gasteiger partial charge in [-0.3, -0.25) is 9.78 Å². The van der Waals surface area contributed by atoms with Crippen LogP contribution in [0.1, 0.15) is 10.4 Å². The maximum atomic E-state index is 11.4. The number of halogens is 1. The van der Waals surface area contributed by atoms with Crippen molar-refractivity contribution in [3.8, 4) is 11.3 Å². The van der Waals surface area contributed by atoms with Gasteiger partial charge in [0.15, 0.2) is 0 Å². The normalized spacial score (nSPS) is 10.6. The number of aromatic nitrogens is 1. The Labute approximate surface area is 115 Å². The number of hydrogen-bond donors (Lipinski definition) is 0. The zero-order valence-electron chi connectivity index (χ0n) is 10.0. The number of carbonyl (C=O) groups is 1. The molecular weight excluding hydrogens is 258 g/mol. The van der Waals surface area contributed by atoms with E-state index in [0.29, 0.717) is 5.56 Å². The fourth-order valence-corrected chi connectivity index (χ4v) is 2.33. The molecule has 1 heterocycles. The van der Waals surface area contributed by atoms with Crippen LogP contribution in [-0.2, 0) is 0 Å². The molecule has 2 nitrogen and oxygen atoms in total. The minimum atomic E-state index is -0.483. The van der Waals surface area contributed by atoms with Crippen LogP contribution in [0.5, 0.6) is 0 Å². The molecule has 0 saturated carbocycles. The summed E-state index contributed by atoms with van der Waals surface area (Å²) in [6.45, 7) is 0. The van der Waals surface area contributed by atoms with Crippen molar-refractivity contribution in [2.45, 2.75) is 0 Å². The predicted octanol–water partition coefficient (Wildman–Crippen LogP) is 4.28. The van der Waals surface area contributed by atoms with Crippen LogP contribution < -0.4 is 0 Å². The summed E-state index contributed by atoms with van der Waals surface area (Å²) in [7, 11) is 0. The van der Waals surface area contributed by atoms with Gasteiger partial charge < -0.3 is 0 Å². The number of rotatable bonds is 2. The standard InChI is InChI=1S/C16H10ClNO/c17-16(19)14-10-18-15(11-6-2-1-3-7-11)13-9-5-4-8-12(13)14/h1-10H. The van der Waals surface area contributed by atoms with Gasteiger partial charge in [-0.15, -0.1) is 0 Å². The van der Waals surface area contributed by atoms with Crippen molar-refractivity contribution in [1.82, 2.24) is 4.98 Å². The van der Waals surface area contributed by atoms with Gasteiger partial charge in [-0.1, -0.05) is 54.6 Å². The highest BCUT2D eigenvalue weighted by molar-refractivity contribution is 6.68. The summed E-state index contributed by atoms with van der Waals surface area (Å²) in [6, 6.07) is 17.5. The van der Waals surface area contributed by atoms with Gasteiger partial charge in [-0.2, -0.15) is 0 Å². The molecule has 0 fully saturated rings. The van der Waals surface area contributed by atoms with Crippen LogP contribution in [0.4, 0.5) is 0 Å².